The Balaban J connectivity index is 1.94. The van der Waals surface area contributed by atoms with Gasteiger partial charge in [0.25, 0.3) is 0 Å². The first-order valence-electron chi connectivity index (χ1n) is 9.06. The van der Waals surface area contributed by atoms with Gasteiger partial charge in [0.15, 0.2) is 0 Å². The van der Waals surface area contributed by atoms with E-state index < -0.39 is 16.1 Å². The molecule has 0 unspecified atom stereocenters. The predicted octanol–water partition coefficient (Wildman–Crippen LogP) is 0.985. The van der Waals surface area contributed by atoms with E-state index in [9.17, 15) is 13.2 Å². The highest BCUT2D eigenvalue weighted by Crippen LogP contribution is 2.35. The number of nitrogens with two attached hydrogens (primary N) is 1. The second-order valence-electron chi connectivity index (χ2n) is 6.52. The summed E-state index contributed by atoms with van der Waals surface area (Å²) in [6.07, 6.45) is 5.09. The number of amides is 1. The zero-order valence-electron chi connectivity index (χ0n) is 15.7. The van der Waals surface area contributed by atoms with Crippen LogP contribution in [0.5, 0.6) is 5.75 Å². The van der Waals surface area contributed by atoms with Crippen molar-refractivity contribution in [1.82, 2.24) is 14.6 Å². The van der Waals surface area contributed by atoms with Crippen LogP contribution in [0.4, 0.5) is 0 Å². The molecule has 9 heteroatoms. The number of para-hydroxylation sites is 1. The second-order valence-corrected chi connectivity index (χ2v) is 8.20. The molecule has 0 saturated carbocycles. The van der Waals surface area contributed by atoms with Gasteiger partial charge in [-0.25, -0.2) is 8.42 Å². The number of hydrogen-bond donors (Lipinski definition) is 2. The summed E-state index contributed by atoms with van der Waals surface area (Å²) in [5, 5.41) is 0. The predicted molar refractivity (Wildman–Crippen MR) is 105 cm³/mol. The van der Waals surface area contributed by atoms with E-state index in [4.69, 9.17) is 10.5 Å². The maximum absolute atomic E-state index is 13.1. The van der Waals surface area contributed by atoms with Gasteiger partial charge in [-0.3, -0.25) is 9.78 Å². The van der Waals surface area contributed by atoms with Gasteiger partial charge in [0, 0.05) is 43.2 Å². The quantitative estimate of drug-likeness (QED) is 0.711. The van der Waals surface area contributed by atoms with E-state index in [1.807, 2.05) is 6.07 Å². The molecule has 0 radical (unpaired) electrons. The van der Waals surface area contributed by atoms with E-state index in [0.717, 1.165) is 18.4 Å². The van der Waals surface area contributed by atoms with Gasteiger partial charge in [-0.05, 0) is 25.0 Å². The number of aromatic nitrogens is 1. The van der Waals surface area contributed by atoms with Crippen molar-refractivity contribution in [2.24, 2.45) is 5.73 Å². The van der Waals surface area contributed by atoms with E-state index in [2.05, 4.69) is 9.71 Å². The molecule has 1 aliphatic rings. The zero-order chi connectivity index (χ0) is 20.1. The molecule has 1 aromatic heterocycles. The lowest BCUT2D eigenvalue weighted by Gasteiger charge is -2.23. The van der Waals surface area contributed by atoms with Crippen molar-refractivity contribution < 1.29 is 17.9 Å². The molecule has 8 nitrogen and oxygen atoms in total. The smallest absolute Gasteiger partial charge is 0.245 e. The molecule has 0 aliphatic carbocycles. The Bertz CT molecular complexity index is 928. The van der Waals surface area contributed by atoms with Crippen LogP contribution < -0.4 is 15.2 Å². The van der Waals surface area contributed by atoms with Gasteiger partial charge in [0.2, 0.25) is 15.9 Å². The van der Waals surface area contributed by atoms with Crippen molar-refractivity contribution in [3.05, 3.63) is 42.7 Å². The average Bonchev–Trinajstić information content (AvgIpc) is 3.26. The number of sulfonamides is 1. The van der Waals surface area contributed by atoms with E-state index in [0.29, 0.717) is 18.7 Å². The van der Waals surface area contributed by atoms with Crippen molar-refractivity contribution >= 4 is 15.9 Å². The molecular formula is C19H24N4O4S. The van der Waals surface area contributed by atoms with E-state index in [-0.39, 0.29) is 23.1 Å². The number of pyridine rings is 1. The number of rotatable bonds is 7. The lowest BCUT2D eigenvalue weighted by molar-refractivity contribution is -0.131. The molecular weight excluding hydrogens is 380 g/mol. The van der Waals surface area contributed by atoms with Crippen LogP contribution in [0.2, 0.25) is 0 Å². The number of nitrogens with zero attached hydrogens (tertiary/aromatic N) is 2. The number of likely N-dealkylation sites (tertiary alicyclic amines) is 1. The van der Waals surface area contributed by atoms with Crippen LogP contribution in [0.1, 0.15) is 12.8 Å². The minimum atomic E-state index is -4.04. The fourth-order valence-electron chi connectivity index (χ4n) is 3.30. The van der Waals surface area contributed by atoms with Gasteiger partial charge in [-0.1, -0.05) is 18.2 Å². The third-order valence-electron chi connectivity index (χ3n) is 4.69. The summed E-state index contributed by atoms with van der Waals surface area (Å²) in [5.41, 5.74) is 7.02. The van der Waals surface area contributed by atoms with Crippen molar-refractivity contribution in [2.45, 2.75) is 23.8 Å². The Hall–Kier alpha value is -2.49. The second kappa shape index (κ2) is 8.68. The van der Waals surface area contributed by atoms with Gasteiger partial charge >= 0.3 is 0 Å². The number of ether oxygens (including phenoxy) is 1. The first kappa shape index (κ1) is 20.2. The van der Waals surface area contributed by atoms with Gasteiger partial charge in [0.05, 0.1) is 7.11 Å². The summed E-state index contributed by atoms with van der Waals surface area (Å²) >= 11 is 0. The SMILES string of the molecule is COc1c(-c2cccnc2)cccc1S(=O)(=O)N[C@@H](CN)C(=O)N1CCCC1. The normalized spacial score (nSPS) is 15.4. The van der Waals surface area contributed by atoms with Crippen LogP contribution in [0.25, 0.3) is 11.1 Å². The molecule has 1 aromatic carbocycles. The molecule has 1 amide bonds. The Kier molecular flexibility index (Phi) is 6.28. The third kappa shape index (κ3) is 4.16. The Morgan fingerprint density at radius 3 is 2.64 bits per heavy atom. The van der Waals surface area contributed by atoms with Crippen LogP contribution in [0, 0.1) is 0 Å². The summed E-state index contributed by atoms with van der Waals surface area (Å²) in [5.74, 6) is -0.113. The molecule has 1 fully saturated rings. The van der Waals surface area contributed by atoms with Crippen LogP contribution in [-0.4, -0.2) is 57.0 Å². The number of methoxy groups -OCH3 is 1. The number of hydrogen-bond acceptors (Lipinski definition) is 6. The molecule has 2 heterocycles. The maximum atomic E-state index is 13.1. The summed E-state index contributed by atoms with van der Waals surface area (Å²) in [6, 6.07) is 7.37. The lowest BCUT2D eigenvalue weighted by atomic mass is 10.1. The molecule has 1 atom stereocenters. The van der Waals surface area contributed by atoms with Crippen molar-refractivity contribution in [2.75, 3.05) is 26.7 Å². The minimum absolute atomic E-state index is 0.0518. The van der Waals surface area contributed by atoms with Crippen molar-refractivity contribution in [3.8, 4) is 16.9 Å². The number of nitrogens with one attached hydrogen (secondary N) is 1. The number of benzene rings is 1. The Labute approximate surface area is 164 Å². The van der Waals surface area contributed by atoms with E-state index >= 15 is 0 Å². The topological polar surface area (TPSA) is 115 Å². The summed E-state index contributed by atoms with van der Waals surface area (Å²) in [7, 11) is -2.64. The van der Waals surface area contributed by atoms with Crippen molar-refractivity contribution in [3.63, 3.8) is 0 Å². The summed E-state index contributed by atoms with van der Waals surface area (Å²) < 4.78 is 34.0. The molecule has 3 rings (SSSR count). The fourth-order valence-corrected chi connectivity index (χ4v) is 4.69. The number of carbonyl (C=O) groups excluding carboxylic acids is 1. The fraction of sp³-hybridized carbons (Fsp3) is 0.368. The van der Waals surface area contributed by atoms with Crippen LogP contribution in [-0.2, 0) is 14.8 Å². The van der Waals surface area contributed by atoms with Gasteiger partial charge in [0.1, 0.15) is 16.7 Å². The molecule has 0 bridgehead atoms. The molecule has 3 N–H and O–H groups in total. The maximum Gasteiger partial charge on any atom is 0.245 e. The highest BCUT2D eigenvalue weighted by Gasteiger charge is 2.31. The highest BCUT2D eigenvalue weighted by atomic mass is 32.2. The lowest BCUT2D eigenvalue weighted by Crippen LogP contribution is -2.51. The Morgan fingerprint density at radius 2 is 2.04 bits per heavy atom. The Morgan fingerprint density at radius 1 is 1.29 bits per heavy atom. The molecule has 150 valence electrons. The first-order chi connectivity index (χ1) is 13.5. The summed E-state index contributed by atoms with van der Waals surface area (Å²) in [6.45, 7) is 1.12. The average molecular weight is 404 g/mol. The third-order valence-corrected chi connectivity index (χ3v) is 6.19. The first-order valence-corrected chi connectivity index (χ1v) is 10.5. The standard InChI is InChI=1S/C19H24N4O4S/c1-27-18-15(14-6-5-9-21-13-14)7-4-8-17(18)28(25,26)22-16(12-20)19(24)23-10-2-3-11-23/h4-9,13,16,22H,2-3,10-12,20H2,1H3/t16-/m0/s1. The largest absolute Gasteiger partial charge is 0.495 e. The highest BCUT2D eigenvalue weighted by molar-refractivity contribution is 7.89. The van der Waals surface area contributed by atoms with Gasteiger partial charge in [-0.15, -0.1) is 0 Å². The van der Waals surface area contributed by atoms with E-state index in [1.54, 1.807) is 35.5 Å². The van der Waals surface area contributed by atoms with Gasteiger partial charge in [-0.2, -0.15) is 4.72 Å². The molecule has 1 aliphatic heterocycles. The van der Waals surface area contributed by atoms with E-state index in [1.165, 1.54) is 13.2 Å². The number of carbonyl (C=O) groups is 1. The van der Waals surface area contributed by atoms with Gasteiger partial charge < -0.3 is 15.4 Å². The monoisotopic (exact) mass is 404 g/mol. The molecule has 0 spiro atoms. The molecule has 2 aromatic rings. The van der Waals surface area contributed by atoms with Crippen LogP contribution >= 0.6 is 0 Å². The molecule has 1 saturated heterocycles. The van der Waals surface area contributed by atoms with Crippen LogP contribution in [0.3, 0.4) is 0 Å². The zero-order valence-corrected chi connectivity index (χ0v) is 16.5. The molecule has 28 heavy (non-hydrogen) atoms. The van der Waals surface area contributed by atoms with Crippen molar-refractivity contribution in [1.29, 1.82) is 0 Å². The van der Waals surface area contributed by atoms with Crippen LogP contribution in [0.15, 0.2) is 47.6 Å². The summed E-state index contributed by atoms with van der Waals surface area (Å²) in [4.78, 5) is 18.3. The minimum Gasteiger partial charge on any atom is -0.495 e.